The second-order valence-corrected chi connectivity index (χ2v) is 5.51. The first-order valence-corrected chi connectivity index (χ1v) is 6.66. The molecule has 0 heterocycles. The first kappa shape index (κ1) is 11.5. The zero-order chi connectivity index (χ0) is 14.0. The monoisotopic (exact) mass is 268 g/mol. The van der Waals surface area contributed by atoms with E-state index in [0.29, 0.717) is 11.1 Å². The lowest BCUT2D eigenvalue weighted by atomic mass is 9.64. The fraction of sp³-hybridized carbons (Fsp3) is 0.250. The van der Waals surface area contributed by atoms with Gasteiger partial charge in [-0.25, -0.2) is 0 Å². The van der Waals surface area contributed by atoms with Crippen molar-refractivity contribution in [3.05, 3.63) is 46.6 Å². The van der Waals surface area contributed by atoms with Gasteiger partial charge in [0.25, 0.3) is 0 Å². The van der Waals surface area contributed by atoms with Crippen LogP contribution >= 0.6 is 0 Å². The number of phenols is 2. The van der Waals surface area contributed by atoms with Crippen LogP contribution in [0.15, 0.2) is 35.4 Å². The summed E-state index contributed by atoms with van der Waals surface area (Å²) in [6, 6.07) is 2.50. The van der Waals surface area contributed by atoms with Crippen LogP contribution in [0.3, 0.4) is 0 Å². The van der Waals surface area contributed by atoms with E-state index in [1.165, 1.54) is 12.1 Å². The Kier molecular flexibility index (Phi) is 2.06. The lowest BCUT2D eigenvalue weighted by molar-refractivity contribution is 0.0944. The number of hydrogen-bond donors (Lipinski definition) is 2. The Balaban J connectivity index is 2.03. The fourth-order valence-corrected chi connectivity index (χ4v) is 3.59. The third kappa shape index (κ3) is 1.21. The van der Waals surface area contributed by atoms with E-state index >= 15 is 0 Å². The summed E-state index contributed by atoms with van der Waals surface area (Å²) in [5.41, 5.74) is 0.939. The summed E-state index contributed by atoms with van der Waals surface area (Å²) in [5.74, 6) is -1.20. The van der Waals surface area contributed by atoms with Crippen LogP contribution < -0.4 is 0 Å². The minimum atomic E-state index is -0.318. The molecule has 1 aromatic rings. The van der Waals surface area contributed by atoms with Crippen LogP contribution in [0.5, 0.6) is 11.5 Å². The van der Waals surface area contributed by atoms with Gasteiger partial charge in [-0.05, 0) is 25.0 Å². The number of ketones is 2. The summed E-state index contributed by atoms with van der Waals surface area (Å²) in [7, 11) is 0. The maximum absolute atomic E-state index is 12.6. The predicted octanol–water partition coefficient (Wildman–Crippen LogP) is 2.37. The van der Waals surface area contributed by atoms with Gasteiger partial charge in [-0.2, -0.15) is 0 Å². The lowest BCUT2D eigenvalue weighted by Gasteiger charge is -2.37. The van der Waals surface area contributed by atoms with Gasteiger partial charge in [0.05, 0.1) is 11.1 Å². The molecule has 4 aliphatic carbocycles. The van der Waals surface area contributed by atoms with Gasteiger partial charge in [-0.1, -0.05) is 12.2 Å². The van der Waals surface area contributed by atoms with Gasteiger partial charge in [0.2, 0.25) is 0 Å². The Morgan fingerprint density at radius 1 is 0.800 bits per heavy atom. The van der Waals surface area contributed by atoms with Crippen molar-refractivity contribution < 1.29 is 19.8 Å². The number of allylic oxidation sites excluding steroid dienone is 4. The largest absolute Gasteiger partial charge is 0.507 e. The molecule has 0 aromatic heterocycles. The molecule has 20 heavy (non-hydrogen) atoms. The quantitative estimate of drug-likeness (QED) is 0.559. The highest BCUT2D eigenvalue weighted by Gasteiger charge is 2.44. The molecule has 5 rings (SSSR count). The fourth-order valence-electron chi connectivity index (χ4n) is 3.59. The summed E-state index contributed by atoms with van der Waals surface area (Å²) in [4.78, 5) is 25.3. The van der Waals surface area contributed by atoms with Crippen molar-refractivity contribution in [3.63, 3.8) is 0 Å². The normalized spacial score (nSPS) is 26.8. The highest BCUT2D eigenvalue weighted by molar-refractivity contribution is 6.29. The average Bonchev–Trinajstić information content (AvgIpc) is 2.47. The maximum atomic E-state index is 12.6. The standard InChI is InChI=1S/C16H12O4/c17-9-5-6-10(18)14-13(9)15(19)11-7-1-2-8(4-3-7)12(11)16(14)20/h1-2,5-8,17-18H,3-4H2. The maximum Gasteiger partial charge on any atom is 0.194 e. The van der Waals surface area contributed by atoms with Crippen molar-refractivity contribution in [2.75, 3.05) is 0 Å². The topological polar surface area (TPSA) is 74.6 Å². The van der Waals surface area contributed by atoms with Gasteiger partial charge < -0.3 is 10.2 Å². The number of rotatable bonds is 0. The van der Waals surface area contributed by atoms with Gasteiger partial charge in [-0.15, -0.1) is 0 Å². The molecule has 1 aromatic carbocycles. The number of aromatic hydroxyl groups is 2. The molecule has 0 saturated carbocycles. The summed E-state index contributed by atoms with van der Waals surface area (Å²) in [5, 5.41) is 19.8. The van der Waals surface area contributed by atoms with E-state index in [9.17, 15) is 19.8 Å². The predicted molar refractivity (Wildman–Crippen MR) is 70.8 cm³/mol. The van der Waals surface area contributed by atoms with E-state index in [1.807, 2.05) is 12.2 Å². The van der Waals surface area contributed by atoms with Crippen LogP contribution in [0.25, 0.3) is 0 Å². The van der Waals surface area contributed by atoms with Gasteiger partial charge in [0.1, 0.15) is 11.5 Å². The van der Waals surface area contributed by atoms with Gasteiger partial charge >= 0.3 is 0 Å². The molecule has 2 bridgehead atoms. The number of benzene rings is 1. The van der Waals surface area contributed by atoms with E-state index in [0.717, 1.165) is 12.8 Å². The third-order valence-electron chi connectivity index (χ3n) is 4.50. The van der Waals surface area contributed by atoms with Gasteiger partial charge in [-0.3, -0.25) is 9.59 Å². The van der Waals surface area contributed by atoms with E-state index in [2.05, 4.69) is 0 Å². The highest BCUT2D eigenvalue weighted by atomic mass is 16.3. The molecule has 4 aliphatic rings. The van der Waals surface area contributed by atoms with Crippen molar-refractivity contribution in [2.45, 2.75) is 12.8 Å². The van der Waals surface area contributed by atoms with Crippen molar-refractivity contribution >= 4 is 11.6 Å². The van der Waals surface area contributed by atoms with Crippen molar-refractivity contribution in [1.29, 1.82) is 0 Å². The highest BCUT2D eigenvalue weighted by Crippen LogP contribution is 2.48. The molecule has 0 saturated heterocycles. The molecular formula is C16H12O4. The van der Waals surface area contributed by atoms with E-state index in [1.54, 1.807) is 0 Å². The lowest BCUT2D eigenvalue weighted by Crippen LogP contribution is -2.34. The molecule has 100 valence electrons. The molecule has 0 aliphatic heterocycles. The van der Waals surface area contributed by atoms with Crippen LogP contribution in [0, 0.1) is 11.8 Å². The van der Waals surface area contributed by atoms with Crippen LogP contribution in [0.1, 0.15) is 33.6 Å². The zero-order valence-corrected chi connectivity index (χ0v) is 10.6. The molecular weight excluding hydrogens is 256 g/mol. The Hall–Kier alpha value is -2.36. The van der Waals surface area contributed by atoms with Crippen LogP contribution in [-0.4, -0.2) is 21.8 Å². The number of carbonyl (C=O) groups is 2. The number of hydrogen-bond acceptors (Lipinski definition) is 4. The second kappa shape index (κ2) is 3.60. The molecule has 2 N–H and O–H groups in total. The smallest absolute Gasteiger partial charge is 0.194 e. The molecule has 0 spiro atoms. The molecule has 0 amide bonds. The molecule has 0 fully saturated rings. The number of phenolic OH excluding ortho intramolecular Hbond substituents is 2. The van der Waals surface area contributed by atoms with Crippen LogP contribution in [-0.2, 0) is 0 Å². The number of Topliss-reactive ketones (excluding diaryl/α,β-unsaturated/α-hetero) is 2. The summed E-state index contributed by atoms with van der Waals surface area (Å²) in [6.45, 7) is 0. The van der Waals surface area contributed by atoms with Crippen LogP contribution in [0.2, 0.25) is 0 Å². The second-order valence-electron chi connectivity index (χ2n) is 5.51. The van der Waals surface area contributed by atoms with Crippen LogP contribution in [0.4, 0.5) is 0 Å². The molecule has 2 atom stereocenters. The Bertz CT molecular complexity index is 678. The first-order valence-electron chi connectivity index (χ1n) is 6.66. The summed E-state index contributed by atoms with van der Waals surface area (Å²) in [6.07, 6.45) is 5.66. The van der Waals surface area contributed by atoms with E-state index in [-0.39, 0.29) is 46.0 Å². The SMILES string of the molecule is O=C1C2=C(C(=O)c3c(O)ccc(O)c31)C1C=CC2CC1. The zero-order valence-electron chi connectivity index (χ0n) is 10.6. The third-order valence-corrected chi connectivity index (χ3v) is 4.50. The molecule has 4 nitrogen and oxygen atoms in total. The van der Waals surface area contributed by atoms with Crippen molar-refractivity contribution in [3.8, 4) is 11.5 Å². The molecule has 4 heteroatoms. The minimum Gasteiger partial charge on any atom is -0.507 e. The Morgan fingerprint density at radius 3 is 1.55 bits per heavy atom. The van der Waals surface area contributed by atoms with Crippen molar-refractivity contribution in [2.24, 2.45) is 11.8 Å². The summed E-state index contributed by atoms with van der Waals surface area (Å²) >= 11 is 0. The Labute approximate surface area is 115 Å². The van der Waals surface area contributed by atoms with Crippen molar-refractivity contribution in [1.82, 2.24) is 0 Å². The first-order chi connectivity index (χ1) is 9.59. The van der Waals surface area contributed by atoms with E-state index < -0.39 is 0 Å². The summed E-state index contributed by atoms with van der Waals surface area (Å²) < 4.78 is 0. The van der Waals surface area contributed by atoms with Gasteiger partial charge in [0, 0.05) is 23.0 Å². The number of fused-ring (bicyclic) bond motifs is 2. The average molecular weight is 268 g/mol. The Morgan fingerprint density at radius 2 is 1.20 bits per heavy atom. The van der Waals surface area contributed by atoms with E-state index in [4.69, 9.17) is 0 Å². The number of carbonyl (C=O) groups excluding carboxylic acids is 2. The van der Waals surface area contributed by atoms with Gasteiger partial charge in [0.15, 0.2) is 11.6 Å². The molecule has 2 unspecified atom stereocenters. The minimum absolute atomic E-state index is 0.0404. The molecule has 0 radical (unpaired) electrons.